The van der Waals surface area contributed by atoms with Crippen LogP contribution < -0.4 is 10.2 Å². The topological polar surface area (TPSA) is 49.4 Å². The van der Waals surface area contributed by atoms with Crippen molar-refractivity contribution in [2.45, 2.75) is 25.4 Å². The molecule has 1 aromatic carbocycles. The quantitative estimate of drug-likeness (QED) is 0.896. The van der Waals surface area contributed by atoms with Crippen molar-refractivity contribution >= 4 is 15.5 Å². The van der Waals surface area contributed by atoms with E-state index in [4.69, 9.17) is 0 Å². The summed E-state index contributed by atoms with van der Waals surface area (Å²) in [6.45, 7) is 1.85. The van der Waals surface area contributed by atoms with Crippen LogP contribution in [-0.2, 0) is 22.8 Å². The SMILES string of the molecule is CN1CCc2cc(CNC3CCS(=O)(=O)C3)ccc21. The van der Waals surface area contributed by atoms with Gasteiger partial charge in [0, 0.05) is 31.9 Å². The summed E-state index contributed by atoms with van der Waals surface area (Å²) < 4.78 is 22.8. The second-order valence-electron chi connectivity index (χ2n) is 5.62. The molecule has 4 nitrogen and oxygen atoms in total. The Morgan fingerprint density at radius 2 is 2.26 bits per heavy atom. The fourth-order valence-electron chi connectivity index (χ4n) is 2.95. The predicted octanol–water partition coefficient (Wildman–Crippen LogP) is 0.956. The van der Waals surface area contributed by atoms with Crippen molar-refractivity contribution in [3.05, 3.63) is 29.3 Å². The summed E-state index contributed by atoms with van der Waals surface area (Å²) >= 11 is 0. The summed E-state index contributed by atoms with van der Waals surface area (Å²) in [5, 5.41) is 3.36. The minimum atomic E-state index is -2.79. The molecule has 0 saturated carbocycles. The molecule has 1 fully saturated rings. The van der Waals surface area contributed by atoms with Gasteiger partial charge in [0.1, 0.15) is 0 Å². The van der Waals surface area contributed by atoms with Crippen LogP contribution in [0.2, 0.25) is 0 Å². The molecule has 1 unspecified atom stereocenters. The molecule has 1 atom stereocenters. The van der Waals surface area contributed by atoms with Crippen LogP contribution >= 0.6 is 0 Å². The molecule has 0 radical (unpaired) electrons. The summed E-state index contributed by atoms with van der Waals surface area (Å²) in [5.41, 5.74) is 3.98. The molecule has 1 saturated heterocycles. The highest BCUT2D eigenvalue weighted by atomic mass is 32.2. The highest BCUT2D eigenvalue weighted by molar-refractivity contribution is 7.91. The molecule has 0 amide bonds. The van der Waals surface area contributed by atoms with Gasteiger partial charge in [-0.1, -0.05) is 12.1 Å². The van der Waals surface area contributed by atoms with Gasteiger partial charge in [0.2, 0.25) is 0 Å². The second kappa shape index (κ2) is 4.80. The Kier molecular flexibility index (Phi) is 3.27. The lowest BCUT2D eigenvalue weighted by Gasteiger charge is -2.14. The third-order valence-corrected chi connectivity index (χ3v) is 5.87. The van der Waals surface area contributed by atoms with Crippen molar-refractivity contribution in [3.63, 3.8) is 0 Å². The first-order valence-electron chi connectivity index (χ1n) is 6.80. The minimum Gasteiger partial charge on any atom is -0.374 e. The van der Waals surface area contributed by atoms with Crippen molar-refractivity contribution in [3.8, 4) is 0 Å². The van der Waals surface area contributed by atoms with Gasteiger partial charge in [-0.3, -0.25) is 0 Å². The van der Waals surface area contributed by atoms with Gasteiger partial charge in [0.15, 0.2) is 9.84 Å². The number of nitrogens with zero attached hydrogens (tertiary/aromatic N) is 1. The molecule has 0 aromatic heterocycles. The first kappa shape index (κ1) is 12.9. The molecule has 2 heterocycles. The Balaban J connectivity index is 1.62. The van der Waals surface area contributed by atoms with Gasteiger partial charge < -0.3 is 10.2 Å². The van der Waals surface area contributed by atoms with Crippen molar-refractivity contribution in [2.24, 2.45) is 0 Å². The smallest absolute Gasteiger partial charge is 0.151 e. The zero-order chi connectivity index (χ0) is 13.5. The largest absolute Gasteiger partial charge is 0.374 e. The van der Waals surface area contributed by atoms with Gasteiger partial charge in [0.05, 0.1) is 11.5 Å². The van der Waals surface area contributed by atoms with Gasteiger partial charge in [0.25, 0.3) is 0 Å². The van der Waals surface area contributed by atoms with E-state index in [1.807, 2.05) is 0 Å². The summed E-state index contributed by atoms with van der Waals surface area (Å²) in [6, 6.07) is 6.68. The molecular formula is C14H20N2O2S. The molecule has 19 heavy (non-hydrogen) atoms. The van der Waals surface area contributed by atoms with E-state index in [-0.39, 0.29) is 6.04 Å². The fraction of sp³-hybridized carbons (Fsp3) is 0.571. The maximum atomic E-state index is 11.4. The summed E-state index contributed by atoms with van der Waals surface area (Å²) in [7, 11) is -0.668. The van der Waals surface area contributed by atoms with Gasteiger partial charge in [-0.2, -0.15) is 0 Å². The van der Waals surface area contributed by atoms with Crippen LogP contribution in [0.15, 0.2) is 18.2 Å². The van der Waals surface area contributed by atoms with Crippen LogP contribution in [0.4, 0.5) is 5.69 Å². The lowest BCUT2D eigenvalue weighted by Crippen LogP contribution is -2.29. The number of benzene rings is 1. The maximum Gasteiger partial charge on any atom is 0.151 e. The molecule has 104 valence electrons. The van der Waals surface area contributed by atoms with Crippen LogP contribution in [0.3, 0.4) is 0 Å². The Bertz CT molecular complexity index is 583. The molecule has 3 rings (SSSR count). The van der Waals surface area contributed by atoms with Crippen molar-refractivity contribution in [1.82, 2.24) is 5.32 Å². The number of sulfone groups is 1. The first-order chi connectivity index (χ1) is 9.03. The van der Waals surface area contributed by atoms with E-state index in [1.54, 1.807) is 0 Å². The molecule has 2 aliphatic rings. The van der Waals surface area contributed by atoms with E-state index in [0.717, 1.165) is 25.9 Å². The Morgan fingerprint density at radius 1 is 1.42 bits per heavy atom. The fourth-order valence-corrected chi connectivity index (χ4v) is 4.66. The summed E-state index contributed by atoms with van der Waals surface area (Å²) in [5.74, 6) is 0.625. The van der Waals surface area contributed by atoms with E-state index in [2.05, 4.69) is 35.5 Å². The molecule has 0 bridgehead atoms. The molecular weight excluding hydrogens is 260 g/mol. The molecule has 0 spiro atoms. The number of fused-ring (bicyclic) bond motifs is 1. The van der Waals surface area contributed by atoms with E-state index in [1.165, 1.54) is 16.8 Å². The van der Waals surface area contributed by atoms with Gasteiger partial charge >= 0.3 is 0 Å². The third kappa shape index (κ3) is 2.77. The zero-order valence-electron chi connectivity index (χ0n) is 11.2. The van der Waals surface area contributed by atoms with Crippen LogP contribution in [0.25, 0.3) is 0 Å². The minimum absolute atomic E-state index is 0.126. The monoisotopic (exact) mass is 280 g/mol. The lowest BCUT2D eigenvalue weighted by atomic mass is 10.1. The number of hydrogen-bond acceptors (Lipinski definition) is 4. The van der Waals surface area contributed by atoms with Crippen LogP contribution in [0.5, 0.6) is 0 Å². The molecule has 5 heteroatoms. The van der Waals surface area contributed by atoms with Gasteiger partial charge in [-0.15, -0.1) is 0 Å². The highest BCUT2D eigenvalue weighted by Gasteiger charge is 2.27. The predicted molar refractivity (Wildman–Crippen MR) is 77.3 cm³/mol. The number of nitrogens with one attached hydrogen (secondary N) is 1. The van der Waals surface area contributed by atoms with Crippen LogP contribution in [0, 0.1) is 0 Å². The molecule has 1 aromatic rings. The van der Waals surface area contributed by atoms with Crippen molar-refractivity contribution in [2.75, 3.05) is 30.0 Å². The normalized spacial score (nSPS) is 24.7. The van der Waals surface area contributed by atoms with Crippen molar-refractivity contribution < 1.29 is 8.42 Å². The number of anilines is 1. The number of hydrogen-bond donors (Lipinski definition) is 1. The highest BCUT2D eigenvalue weighted by Crippen LogP contribution is 2.27. The van der Waals surface area contributed by atoms with E-state index in [9.17, 15) is 8.42 Å². The van der Waals surface area contributed by atoms with Crippen LogP contribution in [-0.4, -0.2) is 39.6 Å². The Morgan fingerprint density at radius 3 is 3.00 bits per heavy atom. The summed E-state index contributed by atoms with van der Waals surface area (Å²) in [4.78, 5) is 2.27. The third-order valence-electron chi connectivity index (χ3n) is 4.10. The Hall–Kier alpha value is -1.07. The zero-order valence-corrected chi connectivity index (χ0v) is 12.0. The van der Waals surface area contributed by atoms with Gasteiger partial charge in [-0.05, 0) is 30.0 Å². The average molecular weight is 280 g/mol. The lowest BCUT2D eigenvalue weighted by molar-refractivity contribution is 0.554. The number of rotatable bonds is 3. The van der Waals surface area contributed by atoms with E-state index < -0.39 is 9.84 Å². The maximum absolute atomic E-state index is 11.4. The summed E-state index contributed by atoms with van der Waals surface area (Å²) in [6.07, 6.45) is 1.85. The average Bonchev–Trinajstić information content (AvgIpc) is 2.90. The first-order valence-corrected chi connectivity index (χ1v) is 8.62. The molecule has 1 N–H and O–H groups in total. The Labute approximate surface area is 114 Å². The van der Waals surface area contributed by atoms with Crippen molar-refractivity contribution in [1.29, 1.82) is 0 Å². The van der Waals surface area contributed by atoms with E-state index in [0.29, 0.717) is 11.5 Å². The molecule has 0 aliphatic carbocycles. The van der Waals surface area contributed by atoms with Gasteiger partial charge in [-0.25, -0.2) is 8.42 Å². The second-order valence-corrected chi connectivity index (χ2v) is 7.84. The van der Waals surface area contributed by atoms with E-state index >= 15 is 0 Å². The molecule has 2 aliphatic heterocycles. The standard InChI is InChI=1S/C14H20N2O2S/c1-16-6-4-12-8-11(2-3-14(12)16)9-15-13-5-7-19(17,18)10-13/h2-3,8,13,15H,4-7,9-10H2,1H3. The van der Waals surface area contributed by atoms with Crippen LogP contribution in [0.1, 0.15) is 17.5 Å². The number of likely N-dealkylation sites (N-methyl/N-ethyl adjacent to an activating group) is 1.